The van der Waals surface area contributed by atoms with Crippen LogP contribution in [-0.4, -0.2) is 16.5 Å². The molecule has 21 heavy (non-hydrogen) atoms. The molecule has 0 atom stereocenters. The lowest BCUT2D eigenvalue weighted by atomic mass is 10.0. The number of hydrogen-bond acceptors (Lipinski definition) is 4. The first kappa shape index (κ1) is 14.5. The number of anilines is 1. The SMILES string of the molecule is CCCNc1cc(C2CCCC2)nc(-c2cscc2C)n1. The lowest BCUT2D eigenvalue weighted by Crippen LogP contribution is -2.07. The van der Waals surface area contributed by atoms with Crippen molar-refractivity contribution in [3.05, 3.63) is 28.1 Å². The zero-order chi connectivity index (χ0) is 14.7. The summed E-state index contributed by atoms with van der Waals surface area (Å²) in [5, 5.41) is 7.76. The van der Waals surface area contributed by atoms with Crippen LogP contribution in [0.25, 0.3) is 11.4 Å². The topological polar surface area (TPSA) is 37.8 Å². The van der Waals surface area contributed by atoms with Crippen LogP contribution in [-0.2, 0) is 0 Å². The molecule has 0 saturated heterocycles. The van der Waals surface area contributed by atoms with Crippen molar-refractivity contribution in [2.75, 3.05) is 11.9 Å². The van der Waals surface area contributed by atoms with Crippen LogP contribution in [0, 0.1) is 6.92 Å². The Labute approximate surface area is 130 Å². The summed E-state index contributed by atoms with van der Waals surface area (Å²) < 4.78 is 0. The smallest absolute Gasteiger partial charge is 0.162 e. The third kappa shape index (κ3) is 3.26. The first-order valence-corrected chi connectivity index (χ1v) is 8.88. The molecule has 0 bridgehead atoms. The largest absolute Gasteiger partial charge is 0.370 e. The number of nitrogens with one attached hydrogen (secondary N) is 1. The van der Waals surface area contributed by atoms with E-state index in [1.165, 1.54) is 42.5 Å². The summed E-state index contributed by atoms with van der Waals surface area (Å²) in [6, 6.07) is 2.16. The van der Waals surface area contributed by atoms with Crippen molar-refractivity contribution in [2.24, 2.45) is 0 Å². The Hall–Kier alpha value is -1.42. The minimum Gasteiger partial charge on any atom is -0.370 e. The van der Waals surface area contributed by atoms with E-state index < -0.39 is 0 Å². The van der Waals surface area contributed by atoms with E-state index in [4.69, 9.17) is 9.97 Å². The number of aromatic nitrogens is 2. The lowest BCUT2D eigenvalue weighted by molar-refractivity contribution is 0.695. The monoisotopic (exact) mass is 301 g/mol. The van der Waals surface area contributed by atoms with Crippen molar-refractivity contribution in [2.45, 2.75) is 51.9 Å². The Balaban J connectivity index is 1.98. The third-order valence-electron chi connectivity index (χ3n) is 4.17. The van der Waals surface area contributed by atoms with E-state index in [0.717, 1.165) is 24.6 Å². The number of nitrogens with zero attached hydrogens (tertiary/aromatic N) is 2. The van der Waals surface area contributed by atoms with Crippen molar-refractivity contribution in [3.63, 3.8) is 0 Å². The van der Waals surface area contributed by atoms with Gasteiger partial charge in [-0.05, 0) is 37.1 Å². The quantitative estimate of drug-likeness (QED) is 0.845. The van der Waals surface area contributed by atoms with Crippen molar-refractivity contribution < 1.29 is 0 Å². The van der Waals surface area contributed by atoms with E-state index in [-0.39, 0.29) is 0 Å². The van der Waals surface area contributed by atoms with Crippen molar-refractivity contribution in [3.8, 4) is 11.4 Å². The van der Waals surface area contributed by atoms with Gasteiger partial charge in [-0.3, -0.25) is 0 Å². The van der Waals surface area contributed by atoms with Gasteiger partial charge in [0.25, 0.3) is 0 Å². The number of hydrogen-bond donors (Lipinski definition) is 1. The molecular weight excluding hydrogens is 278 g/mol. The molecule has 1 saturated carbocycles. The first-order valence-electron chi connectivity index (χ1n) is 7.94. The van der Waals surface area contributed by atoms with Gasteiger partial charge in [0.1, 0.15) is 5.82 Å². The van der Waals surface area contributed by atoms with Gasteiger partial charge in [-0.15, -0.1) is 0 Å². The highest BCUT2D eigenvalue weighted by molar-refractivity contribution is 7.08. The fraction of sp³-hybridized carbons (Fsp3) is 0.529. The molecule has 0 amide bonds. The second-order valence-electron chi connectivity index (χ2n) is 5.88. The Morgan fingerprint density at radius 3 is 2.71 bits per heavy atom. The zero-order valence-electron chi connectivity index (χ0n) is 12.9. The van der Waals surface area contributed by atoms with Crippen molar-refractivity contribution in [1.82, 2.24) is 9.97 Å². The van der Waals surface area contributed by atoms with Crippen molar-refractivity contribution in [1.29, 1.82) is 0 Å². The van der Waals surface area contributed by atoms with E-state index in [1.54, 1.807) is 11.3 Å². The summed E-state index contributed by atoms with van der Waals surface area (Å²) in [4.78, 5) is 9.61. The molecule has 1 fully saturated rings. The summed E-state index contributed by atoms with van der Waals surface area (Å²) in [6.45, 7) is 5.27. The molecule has 0 unspecified atom stereocenters. The normalized spacial score (nSPS) is 15.5. The molecule has 0 aliphatic heterocycles. The summed E-state index contributed by atoms with van der Waals surface area (Å²) in [6.07, 6.45) is 6.31. The predicted octanol–water partition coefficient (Wildman–Crippen LogP) is 4.99. The average Bonchev–Trinajstić information content (AvgIpc) is 3.16. The molecular formula is C17H23N3S. The molecule has 4 heteroatoms. The van der Waals surface area contributed by atoms with Gasteiger partial charge >= 0.3 is 0 Å². The second kappa shape index (κ2) is 6.56. The molecule has 2 aromatic heterocycles. The van der Waals surface area contributed by atoms with Crippen LogP contribution in [0.15, 0.2) is 16.8 Å². The highest BCUT2D eigenvalue weighted by Crippen LogP contribution is 2.35. The molecule has 0 spiro atoms. The van der Waals surface area contributed by atoms with Crippen LogP contribution in [0.1, 0.15) is 56.2 Å². The van der Waals surface area contributed by atoms with Gasteiger partial charge < -0.3 is 5.32 Å². The maximum atomic E-state index is 4.88. The lowest BCUT2D eigenvalue weighted by Gasteiger charge is -2.13. The highest BCUT2D eigenvalue weighted by Gasteiger charge is 2.20. The molecule has 0 radical (unpaired) electrons. The fourth-order valence-electron chi connectivity index (χ4n) is 2.95. The average molecular weight is 301 g/mol. The van der Waals surface area contributed by atoms with E-state index >= 15 is 0 Å². The van der Waals surface area contributed by atoms with Crippen LogP contribution in [0.2, 0.25) is 0 Å². The van der Waals surface area contributed by atoms with Crippen LogP contribution in [0.4, 0.5) is 5.82 Å². The molecule has 2 heterocycles. The van der Waals surface area contributed by atoms with Crippen LogP contribution < -0.4 is 5.32 Å². The minimum absolute atomic E-state index is 0.618. The molecule has 0 aromatic carbocycles. The zero-order valence-corrected chi connectivity index (χ0v) is 13.7. The van der Waals surface area contributed by atoms with E-state index in [1.807, 2.05) is 0 Å². The Morgan fingerprint density at radius 2 is 2.05 bits per heavy atom. The number of rotatable bonds is 5. The number of thiophene rings is 1. The standard InChI is InChI=1S/C17H23N3S/c1-3-8-18-16-9-15(13-6-4-5-7-13)19-17(20-16)14-11-21-10-12(14)2/h9-11,13H,3-8H2,1-2H3,(H,18,19,20). The van der Waals surface area contributed by atoms with Gasteiger partial charge in [0.2, 0.25) is 0 Å². The van der Waals surface area contributed by atoms with E-state index in [2.05, 4.69) is 36.0 Å². The summed E-state index contributed by atoms with van der Waals surface area (Å²) >= 11 is 1.72. The molecule has 112 valence electrons. The highest BCUT2D eigenvalue weighted by atomic mass is 32.1. The molecule has 3 nitrogen and oxygen atoms in total. The van der Waals surface area contributed by atoms with Crippen LogP contribution >= 0.6 is 11.3 Å². The van der Waals surface area contributed by atoms with Crippen LogP contribution in [0.5, 0.6) is 0 Å². The number of aryl methyl sites for hydroxylation is 1. The Morgan fingerprint density at radius 1 is 1.24 bits per heavy atom. The summed E-state index contributed by atoms with van der Waals surface area (Å²) in [7, 11) is 0. The molecule has 1 aliphatic carbocycles. The molecule has 2 aromatic rings. The predicted molar refractivity (Wildman–Crippen MR) is 90.1 cm³/mol. The molecule has 1 aliphatic rings. The van der Waals surface area contributed by atoms with Gasteiger partial charge in [0.05, 0.1) is 0 Å². The second-order valence-corrected chi connectivity index (χ2v) is 6.62. The maximum absolute atomic E-state index is 4.88. The van der Waals surface area contributed by atoms with Gasteiger partial charge in [-0.25, -0.2) is 9.97 Å². The Kier molecular flexibility index (Phi) is 4.54. The maximum Gasteiger partial charge on any atom is 0.162 e. The van der Waals surface area contributed by atoms with E-state index in [0.29, 0.717) is 5.92 Å². The fourth-order valence-corrected chi connectivity index (χ4v) is 3.78. The Bertz CT molecular complexity index is 600. The third-order valence-corrected chi connectivity index (χ3v) is 5.03. The first-order chi connectivity index (χ1) is 10.3. The molecule has 1 N–H and O–H groups in total. The summed E-state index contributed by atoms with van der Waals surface area (Å²) in [5.74, 6) is 2.49. The van der Waals surface area contributed by atoms with Gasteiger partial charge in [0, 0.05) is 35.2 Å². The van der Waals surface area contributed by atoms with Gasteiger partial charge in [-0.2, -0.15) is 11.3 Å². The van der Waals surface area contributed by atoms with Gasteiger partial charge in [-0.1, -0.05) is 19.8 Å². The van der Waals surface area contributed by atoms with E-state index in [9.17, 15) is 0 Å². The van der Waals surface area contributed by atoms with Crippen LogP contribution in [0.3, 0.4) is 0 Å². The minimum atomic E-state index is 0.618. The summed E-state index contributed by atoms with van der Waals surface area (Å²) in [5.41, 5.74) is 3.67. The van der Waals surface area contributed by atoms with Gasteiger partial charge in [0.15, 0.2) is 5.82 Å². The van der Waals surface area contributed by atoms with Crippen molar-refractivity contribution >= 4 is 17.2 Å². The molecule has 3 rings (SSSR count).